The molecule has 0 bridgehead atoms. The smallest absolute Gasteiger partial charge is 0.282 e. The van der Waals surface area contributed by atoms with Gasteiger partial charge in [-0.2, -0.15) is 0 Å². The molecule has 0 unspecified atom stereocenters. The van der Waals surface area contributed by atoms with Crippen LogP contribution in [0.25, 0.3) is 6.08 Å². The Hall–Kier alpha value is -4.26. The van der Waals surface area contributed by atoms with E-state index < -0.39 is 0 Å². The lowest BCUT2D eigenvalue weighted by Gasteiger charge is -2.19. The minimum atomic E-state index is -0.300. The summed E-state index contributed by atoms with van der Waals surface area (Å²) in [5.74, 6) is 1.98. The van der Waals surface area contributed by atoms with Gasteiger partial charge >= 0.3 is 0 Å². The monoisotopic (exact) mass is 430 g/mol. The van der Waals surface area contributed by atoms with Crippen molar-refractivity contribution in [3.05, 3.63) is 83.6 Å². The van der Waals surface area contributed by atoms with Gasteiger partial charge < -0.3 is 19.3 Å². The van der Waals surface area contributed by atoms with Gasteiger partial charge in [0.15, 0.2) is 17.3 Å². The number of carbonyl (C=O) groups excluding carboxylic acids is 1. The van der Waals surface area contributed by atoms with E-state index in [-0.39, 0.29) is 17.4 Å². The van der Waals surface area contributed by atoms with Crippen LogP contribution in [0, 0.1) is 0 Å². The fourth-order valence-corrected chi connectivity index (χ4v) is 3.47. The molecule has 0 saturated carbocycles. The number of hydrogen-bond donors (Lipinski definition) is 1. The first-order chi connectivity index (χ1) is 15.5. The topological polar surface area (TPSA) is 80.6 Å². The number of amides is 1. The summed E-state index contributed by atoms with van der Waals surface area (Å²) in [5.41, 5.74) is 2.24. The van der Waals surface area contributed by atoms with Crippen molar-refractivity contribution in [2.24, 2.45) is 4.99 Å². The van der Waals surface area contributed by atoms with Gasteiger partial charge in [0, 0.05) is 0 Å². The van der Waals surface area contributed by atoms with Gasteiger partial charge in [-0.05, 0) is 60.2 Å². The average molecular weight is 430 g/mol. The molecule has 0 spiro atoms. The molecule has 1 aliphatic rings. The molecule has 0 fully saturated rings. The number of para-hydroxylation sites is 1. The summed E-state index contributed by atoms with van der Waals surface area (Å²) >= 11 is 0. The molecule has 1 heterocycles. The third-order valence-electron chi connectivity index (χ3n) is 5.03. The number of carbonyl (C=O) groups is 1. The molecule has 32 heavy (non-hydrogen) atoms. The summed E-state index contributed by atoms with van der Waals surface area (Å²) in [6, 6.07) is 19.1. The molecule has 3 aromatic rings. The van der Waals surface area contributed by atoms with Crippen molar-refractivity contribution < 1.29 is 24.1 Å². The van der Waals surface area contributed by atoms with Gasteiger partial charge in [0.2, 0.25) is 0 Å². The molecule has 0 saturated heterocycles. The molecule has 1 amide bonds. The molecular weight excluding hydrogens is 408 g/mol. The van der Waals surface area contributed by atoms with Crippen LogP contribution in [0.4, 0.5) is 5.69 Å². The Morgan fingerprint density at radius 2 is 1.53 bits per heavy atom. The zero-order chi connectivity index (χ0) is 22.7. The van der Waals surface area contributed by atoms with E-state index in [9.17, 15) is 9.90 Å². The Kier molecular flexibility index (Phi) is 5.81. The highest BCUT2D eigenvalue weighted by molar-refractivity contribution is 6.33. The van der Waals surface area contributed by atoms with Gasteiger partial charge in [0.25, 0.3) is 5.91 Å². The van der Waals surface area contributed by atoms with Crippen LogP contribution < -0.4 is 19.1 Å². The lowest BCUT2D eigenvalue weighted by Crippen LogP contribution is -2.32. The fourth-order valence-electron chi connectivity index (χ4n) is 3.47. The Morgan fingerprint density at radius 3 is 2.22 bits per heavy atom. The first kappa shape index (κ1) is 21.0. The van der Waals surface area contributed by atoms with E-state index in [0.29, 0.717) is 34.3 Å². The number of phenols is 1. The van der Waals surface area contributed by atoms with Crippen LogP contribution in [0.5, 0.6) is 23.0 Å². The van der Waals surface area contributed by atoms with Gasteiger partial charge in [0.1, 0.15) is 17.2 Å². The summed E-state index contributed by atoms with van der Waals surface area (Å²) in [5, 5.41) is 9.68. The van der Waals surface area contributed by atoms with Gasteiger partial charge in [-0.3, -0.25) is 9.69 Å². The van der Waals surface area contributed by atoms with Gasteiger partial charge in [-0.25, -0.2) is 4.99 Å². The first-order valence-corrected chi connectivity index (χ1v) is 9.85. The molecule has 7 nitrogen and oxygen atoms in total. The molecular formula is C25H22N2O5. The van der Waals surface area contributed by atoms with Gasteiger partial charge in [-0.1, -0.05) is 18.2 Å². The van der Waals surface area contributed by atoms with Crippen molar-refractivity contribution in [3.63, 3.8) is 0 Å². The number of aliphatic imine (C=N–C) groups is 1. The van der Waals surface area contributed by atoms with Crippen molar-refractivity contribution in [1.82, 2.24) is 0 Å². The number of hydrogen-bond acceptors (Lipinski definition) is 6. The molecule has 0 radical (unpaired) electrons. The number of amidine groups is 1. The predicted octanol–water partition coefficient (Wildman–Crippen LogP) is 4.25. The van der Waals surface area contributed by atoms with E-state index in [1.54, 1.807) is 51.7 Å². The second kappa shape index (κ2) is 8.85. The van der Waals surface area contributed by atoms with Gasteiger partial charge in [-0.15, -0.1) is 0 Å². The molecule has 4 rings (SSSR count). The molecule has 3 aromatic carbocycles. The normalized spacial score (nSPS) is 14.5. The SMILES string of the molecule is COc1ccc(/C=C2/N=C(c3ccccc3OC)N(c3ccc(O)cc3)C2=O)cc1OC. The standard InChI is InChI=1S/C25H22N2O5/c1-30-21-7-5-4-6-19(21)24-26-20(14-16-8-13-22(31-2)23(15-16)32-3)25(29)27(24)17-9-11-18(28)12-10-17/h4-15,28H,1-3H3/b20-14+. The minimum Gasteiger partial charge on any atom is -0.508 e. The van der Waals surface area contributed by atoms with Gasteiger partial charge in [0.05, 0.1) is 32.6 Å². The number of phenolic OH excluding ortho intramolecular Hbond substituents is 1. The van der Waals surface area contributed by atoms with E-state index in [1.165, 1.54) is 17.0 Å². The van der Waals surface area contributed by atoms with Crippen molar-refractivity contribution in [1.29, 1.82) is 0 Å². The summed E-state index contributed by atoms with van der Waals surface area (Å²) in [4.78, 5) is 19.6. The largest absolute Gasteiger partial charge is 0.508 e. The van der Waals surface area contributed by atoms with E-state index in [2.05, 4.69) is 4.99 Å². The summed E-state index contributed by atoms with van der Waals surface area (Å²) in [6.45, 7) is 0. The van der Waals surface area contributed by atoms with E-state index in [1.807, 2.05) is 30.3 Å². The maximum Gasteiger partial charge on any atom is 0.282 e. The highest BCUT2D eigenvalue weighted by Crippen LogP contribution is 2.33. The van der Waals surface area contributed by atoms with Crippen molar-refractivity contribution in [2.75, 3.05) is 26.2 Å². The third kappa shape index (κ3) is 3.88. The van der Waals surface area contributed by atoms with Crippen molar-refractivity contribution in [2.45, 2.75) is 0 Å². The molecule has 7 heteroatoms. The molecule has 162 valence electrons. The Bertz CT molecular complexity index is 1220. The number of rotatable bonds is 6. The first-order valence-electron chi connectivity index (χ1n) is 9.85. The maximum absolute atomic E-state index is 13.4. The fraction of sp³-hybridized carbons (Fsp3) is 0.120. The average Bonchev–Trinajstić information content (AvgIpc) is 3.15. The highest BCUT2D eigenvalue weighted by Gasteiger charge is 2.33. The zero-order valence-electron chi connectivity index (χ0n) is 17.9. The Labute approximate surface area is 185 Å². The van der Waals surface area contributed by atoms with Crippen LogP contribution in [0.3, 0.4) is 0 Å². The molecule has 1 N–H and O–H groups in total. The quantitative estimate of drug-likeness (QED) is 0.592. The van der Waals surface area contributed by atoms with E-state index in [4.69, 9.17) is 14.2 Å². The number of ether oxygens (including phenoxy) is 3. The van der Waals surface area contributed by atoms with E-state index >= 15 is 0 Å². The Morgan fingerprint density at radius 1 is 0.844 bits per heavy atom. The number of methoxy groups -OCH3 is 3. The molecule has 0 aromatic heterocycles. The summed E-state index contributed by atoms with van der Waals surface area (Å²) in [6.07, 6.45) is 1.69. The van der Waals surface area contributed by atoms with Crippen molar-refractivity contribution >= 4 is 23.5 Å². The summed E-state index contributed by atoms with van der Waals surface area (Å²) in [7, 11) is 4.69. The van der Waals surface area contributed by atoms with Crippen LogP contribution in [-0.4, -0.2) is 38.2 Å². The number of anilines is 1. The zero-order valence-corrected chi connectivity index (χ0v) is 17.9. The summed E-state index contributed by atoms with van der Waals surface area (Å²) < 4.78 is 16.1. The Balaban J connectivity index is 1.84. The lowest BCUT2D eigenvalue weighted by atomic mass is 10.1. The second-order valence-electron chi connectivity index (χ2n) is 6.94. The minimum absolute atomic E-state index is 0.109. The number of benzene rings is 3. The van der Waals surface area contributed by atoms with Crippen LogP contribution in [0.1, 0.15) is 11.1 Å². The predicted molar refractivity (Wildman–Crippen MR) is 123 cm³/mol. The van der Waals surface area contributed by atoms with Crippen LogP contribution >= 0.6 is 0 Å². The lowest BCUT2D eigenvalue weighted by molar-refractivity contribution is -0.113. The number of nitrogens with zero attached hydrogens (tertiary/aromatic N) is 2. The third-order valence-corrected chi connectivity index (χ3v) is 5.03. The molecule has 0 atom stereocenters. The van der Waals surface area contributed by atoms with Crippen LogP contribution in [-0.2, 0) is 4.79 Å². The van der Waals surface area contributed by atoms with Crippen LogP contribution in [0.2, 0.25) is 0 Å². The highest BCUT2D eigenvalue weighted by atomic mass is 16.5. The van der Waals surface area contributed by atoms with E-state index in [0.717, 1.165) is 5.56 Å². The molecule has 1 aliphatic heterocycles. The molecule has 0 aliphatic carbocycles. The second-order valence-corrected chi connectivity index (χ2v) is 6.94. The van der Waals surface area contributed by atoms with Crippen LogP contribution in [0.15, 0.2) is 77.4 Å². The van der Waals surface area contributed by atoms with Crippen molar-refractivity contribution in [3.8, 4) is 23.0 Å². The maximum atomic E-state index is 13.4. The number of aromatic hydroxyl groups is 1.